The van der Waals surface area contributed by atoms with Gasteiger partial charge in [-0.1, -0.05) is 24.3 Å². The molecule has 0 radical (unpaired) electrons. The van der Waals surface area contributed by atoms with Crippen LogP contribution >= 0.6 is 0 Å². The molecule has 2 aromatic rings. The molecule has 0 atom stereocenters. The van der Waals surface area contributed by atoms with Gasteiger partial charge in [-0.2, -0.15) is 23.7 Å². The van der Waals surface area contributed by atoms with Crippen molar-refractivity contribution in [3.63, 3.8) is 0 Å². The van der Waals surface area contributed by atoms with Crippen molar-refractivity contribution >= 4 is 0 Å². The average molecular weight is 272 g/mol. The smallest absolute Gasteiger partial charge is 0.192 e. The fourth-order valence-corrected chi connectivity index (χ4v) is 1.98. The molecular formula is C15H7F3N2. The van der Waals surface area contributed by atoms with E-state index in [1.165, 1.54) is 36.4 Å². The summed E-state index contributed by atoms with van der Waals surface area (Å²) in [4.78, 5) is 0. The minimum atomic E-state index is -4.55. The number of hydrogen-bond acceptors (Lipinski definition) is 2. The summed E-state index contributed by atoms with van der Waals surface area (Å²) < 4.78 is 39.1. The first-order chi connectivity index (χ1) is 9.49. The normalized spacial score (nSPS) is 10.7. The minimum Gasteiger partial charge on any atom is -0.192 e. The zero-order valence-corrected chi connectivity index (χ0v) is 10.1. The lowest BCUT2D eigenvalue weighted by Gasteiger charge is -2.14. The van der Waals surface area contributed by atoms with Gasteiger partial charge in [-0.15, -0.1) is 0 Å². The second-order valence-electron chi connectivity index (χ2n) is 4.00. The van der Waals surface area contributed by atoms with Gasteiger partial charge in [0.2, 0.25) is 0 Å². The molecule has 0 fully saturated rings. The Bertz CT molecular complexity index is 702. The Morgan fingerprint density at radius 1 is 0.800 bits per heavy atom. The lowest BCUT2D eigenvalue weighted by Crippen LogP contribution is -2.08. The molecule has 0 aliphatic rings. The zero-order valence-electron chi connectivity index (χ0n) is 10.1. The molecule has 2 rings (SSSR count). The summed E-state index contributed by atoms with van der Waals surface area (Å²) in [6.45, 7) is 0. The number of nitrogens with zero attached hydrogens (tertiary/aromatic N) is 2. The van der Waals surface area contributed by atoms with Crippen LogP contribution in [-0.2, 0) is 6.18 Å². The van der Waals surface area contributed by atoms with E-state index in [0.717, 1.165) is 6.07 Å². The van der Waals surface area contributed by atoms with Crippen molar-refractivity contribution in [2.24, 2.45) is 0 Å². The van der Waals surface area contributed by atoms with Gasteiger partial charge in [-0.25, -0.2) is 0 Å². The standard InChI is InChI=1S/C15H7F3N2/c16-15(17,18)13-7-2-1-6-12(13)14-10(8-19)4-3-5-11(14)9-20/h1-7H. The van der Waals surface area contributed by atoms with Crippen LogP contribution in [0, 0.1) is 22.7 Å². The van der Waals surface area contributed by atoms with E-state index in [9.17, 15) is 13.2 Å². The SMILES string of the molecule is N#Cc1cccc(C#N)c1-c1ccccc1C(F)(F)F. The van der Waals surface area contributed by atoms with Crippen molar-refractivity contribution < 1.29 is 13.2 Å². The molecule has 2 nitrogen and oxygen atoms in total. The van der Waals surface area contributed by atoms with Crippen LogP contribution < -0.4 is 0 Å². The number of rotatable bonds is 1. The average Bonchev–Trinajstić information content (AvgIpc) is 2.45. The first-order valence-electron chi connectivity index (χ1n) is 5.59. The molecule has 20 heavy (non-hydrogen) atoms. The molecular weight excluding hydrogens is 265 g/mol. The summed E-state index contributed by atoms with van der Waals surface area (Å²) in [7, 11) is 0. The van der Waals surface area contributed by atoms with E-state index in [1.54, 1.807) is 0 Å². The van der Waals surface area contributed by atoms with Gasteiger partial charge in [0.1, 0.15) is 0 Å². The minimum absolute atomic E-state index is 0.0189. The Kier molecular flexibility index (Phi) is 3.45. The number of halogens is 3. The van der Waals surface area contributed by atoms with Gasteiger partial charge in [-0.05, 0) is 23.8 Å². The zero-order chi connectivity index (χ0) is 14.8. The molecule has 0 aliphatic heterocycles. The fourth-order valence-electron chi connectivity index (χ4n) is 1.98. The van der Waals surface area contributed by atoms with Gasteiger partial charge in [0.05, 0.1) is 28.8 Å². The highest BCUT2D eigenvalue weighted by Crippen LogP contribution is 2.39. The van der Waals surface area contributed by atoms with E-state index in [-0.39, 0.29) is 22.3 Å². The van der Waals surface area contributed by atoms with E-state index in [4.69, 9.17) is 10.5 Å². The Labute approximate surface area is 113 Å². The van der Waals surface area contributed by atoms with Crippen molar-refractivity contribution in [2.45, 2.75) is 6.18 Å². The number of hydrogen-bond donors (Lipinski definition) is 0. The largest absolute Gasteiger partial charge is 0.417 e. The summed E-state index contributed by atoms with van der Waals surface area (Å²) in [6.07, 6.45) is -4.55. The maximum atomic E-state index is 13.0. The molecule has 0 spiro atoms. The van der Waals surface area contributed by atoms with Crippen LogP contribution in [0.2, 0.25) is 0 Å². The number of benzene rings is 2. The Morgan fingerprint density at radius 3 is 1.85 bits per heavy atom. The Morgan fingerprint density at radius 2 is 1.35 bits per heavy atom. The third kappa shape index (κ3) is 2.34. The van der Waals surface area contributed by atoms with Gasteiger partial charge < -0.3 is 0 Å². The topological polar surface area (TPSA) is 47.6 Å². The van der Waals surface area contributed by atoms with E-state index in [0.29, 0.717) is 0 Å². The summed E-state index contributed by atoms with van der Waals surface area (Å²) in [5.41, 5.74) is -0.917. The van der Waals surface area contributed by atoms with Crippen LogP contribution in [0.25, 0.3) is 11.1 Å². The first kappa shape index (κ1) is 13.6. The van der Waals surface area contributed by atoms with Gasteiger partial charge in [0.25, 0.3) is 0 Å². The predicted molar refractivity (Wildman–Crippen MR) is 66.3 cm³/mol. The lowest BCUT2D eigenvalue weighted by molar-refractivity contribution is -0.137. The van der Waals surface area contributed by atoms with Crippen molar-refractivity contribution in [1.29, 1.82) is 10.5 Å². The molecule has 0 aromatic heterocycles. The summed E-state index contributed by atoms with van der Waals surface area (Å²) in [5.74, 6) is 0. The van der Waals surface area contributed by atoms with Crippen molar-refractivity contribution in [3.05, 3.63) is 59.2 Å². The molecule has 0 saturated heterocycles. The molecule has 0 bridgehead atoms. The van der Waals surface area contributed by atoms with Gasteiger partial charge in [0.15, 0.2) is 0 Å². The van der Waals surface area contributed by atoms with Gasteiger partial charge >= 0.3 is 6.18 Å². The van der Waals surface area contributed by atoms with Crippen LogP contribution in [0.15, 0.2) is 42.5 Å². The van der Waals surface area contributed by atoms with Crippen LogP contribution in [0.3, 0.4) is 0 Å². The van der Waals surface area contributed by atoms with Gasteiger partial charge in [0, 0.05) is 5.56 Å². The fraction of sp³-hybridized carbons (Fsp3) is 0.0667. The Hall–Kier alpha value is -2.79. The molecule has 2 aromatic carbocycles. The highest BCUT2D eigenvalue weighted by Gasteiger charge is 2.34. The summed E-state index contributed by atoms with van der Waals surface area (Å²) in [6, 6.07) is 12.8. The van der Waals surface area contributed by atoms with E-state index in [1.807, 2.05) is 12.1 Å². The van der Waals surface area contributed by atoms with Crippen molar-refractivity contribution in [1.82, 2.24) is 0 Å². The van der Waals surface area contributed by atoms with Crippen LogP contribution in [0.1, 0.15) is 16.7 Å². The number of nitriles is 2. The monoisotopic (exact) mass is 272 g/mol. The van der Waals surface area contributed by atoms with Crippen LogP contribution in [-0.4, -0.2) is 0 Å². The molecule has 0 unspecified atom stereocenters. The molecule has 0 amide bonds. The maximum Gasteiger partial charge on any atom is 0.417 e. The highest BCUT2D eigenvalue weighted by atomic mass is 19.4. The summed E-state index contributed by atoms with van der Waals surface area (Å²) in [5, 5.41) is 18.1. The third-order valence-corrected chi connectivity index (χ3v) is 2.81. The Balaban J connectivity index is 2.84. The molecule has 0 N–H and O–H groups in total. The molecule has 98 valence electrons. The lowest BCUT2D eigenvalue weighted by atomic mass is 9.92. The van der Waals surface area contributed by atoms with Crippen LogP contribution in [0.4, 0.5) is 13.2 Å². The van der Waals surface area contributed by atoms with Crippen molar-refractivity contribution in [3.8, 4) is 23.3 Å². The van der Waals surface area contributed by atoms with E-state index in [2.05, 4.69) is 0 Å². The second-order valence-corrected chi connectivity index (χ2v) is 4.00. The quantitative estimate of drug-likeness (QED) is 0.784. The third-order valence-electron chi connectivity index (χ3n) is 2.81. The second kappa shape index (κ2) is 5.07. The predicted octanol–water partition coefficient (Wildman–Crippen LogP) is 4.12. The molecule has 0 heterocycles. The number of alkyl halides is 3. The van der Waals surface area contributed by atoms with E-state index >= 15 is 0 Å². The maximum absolute atomic E-state index is 13.0. The highest BCUT2D eigenvalue weighted by molar-refractivity contribution is 5.79. The molecule has 5 heteroatoms. The first-order valence-corrected chi connectivity index (χ1v) is 5.59. The molecule has 0 saturated carbocycles. The van der Waals surface area contributed by atoms with Gasteiger partial charge in [-0.3, -0.25) is 0 Å². The van der Waals surface area contributed by atoms with Crippen molar-refractivity contribution in [2.75, 3.05) is 0 Å². The van der Waals surface area contributed by atoms with E-state index < -0.39 is 11.7 Å². The summed E-state index contributed by atoms with van der Waals surface area (Å²) >= 11 is 0. The van der Waals surface area contributed by atoms with Crippen LogP contribution in [0.5, 0.6) is 0 Å². The molecule has 0 aliphatic carbocycles.